The molecule has 0 spiro atoms. The van der Waals surface area contributed by atoms with Crippen molar-refractivity contribution in [2.24, 2.45) is 0 Å². The van der Waals surface area contributed by atoms with Crippen molar-refractivity contribution in [1.82, 2.24) is 15.1 Å². The highest BCUT2D eigenvalue weighted by Gasteiger charge is 2.47. The molecule has 1 aliphatic heterocycles. The molecule has 0 saturated carbocycles. The van der Waals surface area contributed by atoms with Gasteiger partial charge < -0.3 is 25.0 Å². The zero-order chi connectivity index (χ0) is 17.0. The fraction of sp³-hybridized carbons (Fsp3) is 0.867. The van der Waals surface area contributed by atoms with E-state index in [-0.39, 0.29) is 12.5 Å². The molecule has 1 amide bonds. The Morgan fingerprint density at radius 2 is 1.91 bits per heavy atom. The molecule has 0 radical (unpaired) electrons. The third-order valence-corrected chi connectivity index (χ3v) is 3.41. The minimum absolute atomic E-state index is 0.00820. The molecule has 0 aromatic heterocycles. The van der Waals surface area contributed by atoms with Crippen molar-refractivity contribution in [1.29, 1.82) is 0 Å². The van der Waals surface area contributed by atoms with Crippen molar-refractivity contribution in [3.8, 4) is 0 Å². The van der Waals surface area contributed by atoms with Crippen LogP contribution in [0.3, 0.4) is 0 Å². The zero-order valence-corrected chi connectivity index (χ0v) is 14.3. The number of nitrogens with one attached hydrogen (secondary N) is 1. The lowest BCUT2D eigenvalue weighted by Crippen LogP contribution is -2.71. The molecule has 7 heteroatoms. The number of carbonyl (C=O) groups is 2. The van der Waals surface area contributed by atoms with Crippen LogP contribution < -0.4 is 5.32 Å². The first-order valence-electron chi connectivity index (χ1n) is 7.62. The first-order valence-corrected chi connectivity index (χ1v) is 7.62. The zero-order valence-electron chi connectivity index (χ0n) is 14.3. The number of carboxylic acid groups (broad SMARTS) is 1. The average Bonchev–Trinajstić information content (AvgIpc) is 2.26. The van der Waals surface area contributed by atoms with Gasteiger partial charge in [0.2, 0.25) is 0 Å². The number of hydrogen-bond acceptors (Lipinski definition) is 5. The third-order valence-electron chi connectivity index (χ3n) is 3.41. The number of amides is 1. The van der Waals surface area contributed by atoms with Crippen LogP contribution in [0.2, 0.25) is 0 Å². The van der Waals surface area contributed by atoms with Crippen LogP contribution in [0, 0.1) is 0 Å². The van der Waals surface area contributed by atoms with Crippen LogP contribution in [-0.2, 0) is 9.53 Å². The SMILES string of the molecule is CN(C)CCCNC1(CC(=O)O)CN(C(=O)OC(C)(C)C)C1. The van der Waals surface area contributed by atoms with Gasteiger partial charge in [0.15, 0.2) is 0 Å². The maximum Gasteiger partial charge on any atom is 0.410 e. The standard InChI is InChI=1S/C15H29N3O4/c1-14(2,3)22-13(21)18-10-15(11-18,9-12(19)20)16-7-6-8-17(4)5/h16H,6-11H2,1-5H3,(H,19,20). The molecule has 0 unspecified atom stereocenters. The van der Waals surface area contributed by atoms with E-state index in [1.54, 1.807) is 4.90 Å². The van der Waals surface area contributed by atoms with Crippen LogP contribution in [0.15, 0.2) is 0 Å². The molecule has 1 rings (SSSR count). The van der Waals surface area contributed by atoms with Gasteiger partial charge in [0.25, 0.3) is 0 Å². The smallest absolute Gasteiger partial charge is 0.410 e. The highest BCUT2D eigenvalue weighted by molar-refractivity contribution is 5.73. The fourth-order valence-electron chi connectivity index (χ4n) is 2.46. The van der Waals surface area contributed by atoms with Crippen molar-refractivity contribution in [3.63, 3.8) is 0 Å². The third kappa shape index (κ3) is 6.19. The summed E-state index contributed by atoms with van der Waals surface area (Å²) >= 11 is 0. The molecule has 0 aromatic carbocycles. The number of aliphatic carboxylic acids is 1. The fourth-order valence-corrected chi connectivity index (χ4v) is 2.46. The predicted molar refractivity (Wildman–Crippen MR) is 84.0 cm³/mol. The number of nitrogens with zero attached hydrogens (tertiary/aromatic N) is 2. The lowest BCUT2D eigenvalue weighted by molar-refractivity contribution is -0.141. The van der Waals surface area contributed by atoms with Crippen LogP contribution in [0.5, 0.6) is 0 Å². The monoisotopic (exact) mass is 315 g/mol. The molecule has 0 atom stereocenters. The summed E-state index contributed by atoms with van der Waals surface area (Å²) in [4.78, 5) is 26.7. The van der Waals surface area contributed by atoms with E-state index < -0.39 is 17.1 Å². The van der Waals surface area contributed by atoms with E-state index in [0.717, 1.165) is 19.5 Å². The van der Waals surface area contributed by atoms with Gasteiger partial charge >= 0.3 is 12.1 Å². The molecule has 1 aliphatic rings. The molecule has 1 heterocycles. The number of likely N-dealkylation sites (tertiary alicyclic amines) is 1. The van der Waals surface area contributed by atoms with Crippen molar-refractivity contribution in [2.75, 3.05) is 40.3 Å². The highest BCUT2D eigenvalue weighted by atomic mass is 16.6. The molecule has 128 valence electrons. The number of hydrogen-bond donors (Lipinski definition) is 2. The van der Waals surface area contributed by atoms with E-state index in [2.05, 4.69) is 10.2 Å². The second-order valence-corrected chi connectivity index (χ2v) is 7.27. The summed E-state index contributed by atoms with van der Waals surface area (Å²) < 4.78 is 5.30. The summed E-state index contributed by atoms with van der Waals surface area (Å²) in [5.41, 5.74) is -1.07. The maximum atomic E-state index is 12.0. The summed E-state index contributed by atoms with van der Waals surface area (Å²) in [6, 6.07) is 0. The van der Waals surface area contributed by atoms with Gasteiger partial charge in [-0.2, -0.15) is 0 Å². The van der Waals surface area contributed by atoms with E-state index in [0.29, 0.717) is 13.1 Å². The molecule has 0 aliphatic carbocycles. The number of ether oxygens (including phenoxy) is 1. The Morgan fingerprint density at radius 1 is 1.32 bits per heavy atom. The van der Waals surface area contributed by atoms with Crippen molar-refractivity contribution < 1.29 is 19.4 Å². The van der Waals surface area contributed by atoms with E-state index in [1.165, 1.54) is 0 Å². The van der Waals surface area contributed by atoms with Crippen molar-refractivity contribution >= 4 is 12.1 Å². The lowest BCUT2D eigenvalue weighted by Gasteiger charge is -2.49. The maximum absolute atomic E-state index is 12.0. The van der Waals surface area contributed by atoms with Gasteiger partial charge in [0.1, 0.15) is 5.60 Å². The van der Waals surface area contributed by atoms with Crippen LogP contribution in [-0.4, -0.2) is 78.4 Å². The summed E-state index contributed by atoms with van der Waals surface area (Å²) in [6.45, 7) is 7.85. The molecular formula is C15H29N3O4. The summed E-state index contributed by atoms with van der Waals surface area (Å²) in [5, 5.41) is 12.4. The Hall–Kier alpha value is -1.34. The van der Waals surface area contributed by atoms with Gasteiger partial charge in [0.05, 0.1) is 12.0 Å². The Labute approximate surface area is 132 Å². The second kappa shape index (κ2) is 7.28. The minimum atomic E-state index is -0.857. The average molecular weight is 315 g/mol. The molecule has 1 saturated heterocycles. The summed E-state index contributed by atoms with van der Waals surface area (Å²) in [6.07, 6.45) is 0.554. The first-order chi connectivity index (χ1) is 10.0. The molecule has 0 bridgehead atoms. The topological polar surface area (TPSA) is 82.1 Å². The van der Waals surface area contributed by atoms with Crippen molar-refractivity contribution in [2.45, 2.75) is 44.8 Å². The molecule has 7 nitrogen and oxygen atoms in total. The molecular weight excluding hydrogens is 286 g/mol. The first kappa shape index (κ1) is 18.7. The minimum Gasteiger partial charge on any atom is -0.481 e. The van der Waals surface area contributed by atoms with Gasteiger partial charge in [-0.15, -0.1) is 0 Å². The quantitative estimate of drug-likeness (QED) is 0.682. The number of carbonyl (C=O) groups excluding carboxylic acids is 1. The normalized spacial score (nSPS) is 17.3. The van der Waals surface area contributed by atoms with Gasteiger partial charge in [-0.05, 0) is 54.4 Å². The largest absolute Gasteiger partial charge is 0.481 e. The van der Waals surface area contributed by atoms with Gasteiger partial charge in [-0.25, -0.2) is 4.79 Å². The van der Waals surface area contributed by atoms with Crippen molar-refractivity contribution in [3.05, 3.63) is 0 Å². The molecule has 2 N–H and O–H groups in total. The van der Waals surface area contributed by atoms with Crippen LogP contribution in [0.4, 0.5) is 4.79 Å². The second-order valence-electron chi connectivity index (χ2n) is 7.27. The van der Waals surface area contributed by atoms with E-state index in [4.69, 9.17) is 9.84 Å². The van der Waals surface area contributed by atoms with E-state index in [9.17, 15) is 9.59 Å². The number of rotatable bonds is 7. The van der Waals surface area contributed by atoms with E-state index >= 15 is 0 Å². The molecule has 0 aromatic rings. The predicted octanol–water partition coefficient (Wildman–Crippen LogP) is 0.992. The highest BCUT2D eigenvalue weighted by Crippen LogP contribution is 2.26. The summed E-state index contributed by atoms with van der Waals surface area (Å²) in [7, 11) is 4.00. The van der Waals surface area contributed by atoms with Crippen LogP contribution in [0.25, 0.3) is 0 Å². The van der Waals surface area contributed by atoms with Gasteiger partial charge in [-0.1, -0.05) is 0 Å². The summed E-state index contributed by atoms with van der Waals surface area (Å²) in [5.74, 6) is -0.857. The van der Waals surface area contributed by atoms with Crippen LogP contribution in [0.1, 0.15) is 33.6 Å². The molecule has 22 heavy (non-hydrogen) atoms. The van der Waals surface area contributed by atoms with Gasteiger partial charge in [0, 0.05) is 13.1 Å². The Bertz CT molecular complexity index is 398. The van der Waals surface area contributed by atoms with E-state index in [1.807, 2.05) is 34.9 Å². The Kier molecular flexibility index (Phi) is 6.19. The number of carboxylic acids is 1. The Balaban J connectivity index is 2.48. The lowest BCUT2D eigenvalue weighted by atomic mass is 9.86. The van der Waals surface area contributed by atoms with Gasteiger partial charge in [-0.3, -0.25) is 4.79 Å². The van der Waals surface area contributed by atoms with Crippen LogP contribution >= 0.6 is 0 Å². The molecule has 1 fully saturated rings. The Morgan fingerprint density at radius 3 is 2.36 bits per heavy atom.